The number of carbonyl (C=O) groups excluding carboxylic acids is 2. The van der Waals surface area contributed by atoms with Crippen molar-refractivity contribution in [2.24, 2.45) is 0 Å². The zero-order valence-electron chi connectivity index (χ0n) is 22.1. The molecule has 35 heavy (non-hydrogen) atoms. The van der Waals surface area contributed by atoms with Gasteiger partial charge in [-0.1, -0.05) is 69.5 Å². The predicted molar refractivity (Wildman–Crippen MR) is 142 cm³/mol. The van der Waals surface area contributed by atoms with Gasteiger partial charge in [-0.3, -0.25) is 9.59 Å². The first-order valence-corrected chi connectivity index (χ1v) is 12.3. The van der Waals surface area contributed by atoms with Gasteiger partial charge in [0.1, 0.15) is 12.4 Å². The monoisotopic (exact) mass is 474 g/mol. The molecule has 186 valence electrons. The van der Waals surface area contributed by atoms with Gasteiger partial charge in [-0.25, -0.2) is 4.68 Å². The lowest BCUT2D eigenvalue weighted by atomic mass is 9.92. The molecule has 0 radical (unpaired) electrons. The number of nitrogens with one attached hydrogen (secondary N) is 1. The first kappa shape index (κ1) is 26.2. The Morgan fingerprint density at radius 3 is 2.23 bits per heavy atom. The number of rotatable bonds is 8. The van der Waals surface area contributed by atoms with Crippen LogP contribution < -0.4 is 5.32 Å². The molecule has 6 nitrogen and oxygen atoms in total. The molecule has 6 heteroatoms. The maximum absolute atomic E-state index is 13.2. The Kier molecular flexibility index (Phi) is 8.15. The van der Waals surface area contributed by atoms with E-state index in [4.69, 9.17) is 5.10 Å². The van der Waals surface area contributed by atoms with Crippen molar-refractivity contribution < 1.29 is 9.59 Å². The van der Waals surface area contributed by atoms with E-state index in [1.54, 1.807) is 9.58 Å². The highest BCUT2D eigenvalue weighted by atomic mass is 16.2. The third kappa shape index (κ3) is 6.59. The molecule has 0 spiro atoms. The minimum atomic E-state index is -0.243. The summed E-state index contributed by atoms with van der Waals surface area (Å²) in [6.07, 6.45) is 1.77. The molecule has 0 aliphatic carbocycles. The van der Waals surface area contributed by atoms with Crippen molar-refractivity contribution in [3.8, 4) is 5.69 Å². The van der Waals surface area contributed by atoms with Crippen LogP contribution in [0.3, 0.4) is 0 Å². The van der Waals surface area contributed by atoms with E-state index < -0.39 is 0 Å². The Morgan fingerprint density at radius 2 is 1.63 bits per heavy atom. The van der Waals surface area contributed by atoms with Crippen LogP contribution in [0.25, 0.3) is 5.69 Å². The van der Waals surface area contributed by atoms with E-state index in [0.717, 1.165) is 35.3 Å². The average molecular weight is 475 g/mol. The molecule has 0 aliphatic rings. The summed E-state index contributed by atoms with van der Waals surface area (Å²) in [5.41, 5.74) is 5.54. The Morgan fingerprint density at radius 1 is 0.971 bits per heavy atom. The lowest BCUT2D eigenvalue weighted by molar-refractivity contribution is -0.117. The number of hydrogen-bond acceptors (Lipinski definition) is 3. The van der Waals surface area contributed by atoms with Crippen molar-refractivity contribution in [1.29, 1.82) is 0 Å². The van der Waals surface area contributed by atoms with Gasteiger partial charge in [-0.05, 0) is 51.0 Å². The molecule has 3 rings (SSSR count). The summed E-state index contributed by atoms with van der Waals surface area (Å²) in [6.45, 7) is 15.0. The van der Waals surface area contributed by atoms with Gasteiger partial charge in [0, 0.05) is 23.6 Å². The van der Waals surface area contributed by atoms with Crippen LogP contribution in [0.5, 0.6) is 0 Å². The largest absolute Gasteiger partial charge is 0.329 e. The first-order chi connectivity index (χ1) is 16.5. The van der Waals surface area contributed by atoms with Crippen molar-refractivity contribution in [2.45, 2.75) is 66.7 Å². The molecule has 1 N–H and O–H groups in total. The fraction of sp³-hybridized carbons (Fsp3) is 0.414. The van der Waals surface area contributed by atoms with Crippen molar-refractivity contribution in [3.05, 3.63) is 76.5 Å². The SMILES string of the molecule is CCCCN(CC(=O)Nc1cc(C(C)(C)C)nn1-c1ccc(C)cc1C)C(=O)c1ccc(C)cc1. The number of aryl methyl sites for hydroxylation is 3. The Hall–Kier alpha value is -3.41. The second-order valence-corrected chi connectivity index (χ2v) is 10.4. The number of aromatic nitrogens is 2. The van der Waals surface area contributed by atoms with Gasteiger partial charge in [0.05, 0.1) is 11.4 Å². The molecule has 0 fully saturated rings. The van der Waals surface area contributed by atoms with Gasteiger partial charge >= 0.3 is 0 Å². The Bertz CT molecular complexity index is 1190. The smallest absolute Gasteiger partial charge is 0.254 e. The van der Waals surface area contributed by atoms with E-state index in [9.17, 15) is 9.59 Å². The van der Waals surface area contributed by atoms with Crippen LogP contribution in [-0.2, 0) is 10.2 Å². The van der Waals surface area contributed by atoms with Crippen LogP contribution in [0.15, 0.2) is 48.5 Å². The van der Waals surface area contributed by atoms with Gasteiger partial charge in [0.2, 0.25) is 5.91 Å². The lowest BCUT2D eigenvalue weighted by Crippen LogP contribution is -2.39. The second kappa shape index (κ2) is 10.9. The molecule has 3 aromatic rings. The molecule has 0 saturated carbocycles. The number of benzene rings is 2. The highest BCUT2D eigenvalue weighted by molar-refractivity contribution is 5.99. The number of anilines is 1. The number of nitrogens with zero attached hydrogens (tertiary/aromatic N) is 3. The molecule has 0 saturated heterocycles. The third-order valence-electron chi connectivity index (χ3n) is 6.03. The summed E-state index contributed by atoms with van der Waals surface area (Å²) >= 11 is 0. The van der Waals surface area contributed by atoms with Crippen LogP contribution in [0.4, 0.5) is 5.82 Å². The van der Waals surface area contributed by atoms with E-state index >= 15 is 0 Å². The summed E-state index contributed by atoms with van der Waals surface area (Å²) in [6, 6.07) is 15.6. The van der Waals surface area contributed by atoms with Crippen molar-refractivity contribution in [1.82, 2.24) is 14.7 Å². The standard InChI is InChI=1S/C29H38N4O2/c1-8-9-16-32(28(35)23-13-10-20(2)11-14-23)19-27(34)30-26-18-25(29(5,6)7)31-33(26)24-15-12-21(3)17-22(24)4/h10-15,17-18H,8-9,16,19H2,1-7H3,(H,30,34). The summed E-state index contributed by atoms with van der Waals surface area (Å²) in [5.74, 6) is 0.227. The number of unbranched alkanes of at least 4 members (excludes halogenated alkanes) is 1. The first-order valence-electron chi connectivity index (χ1n) is 12.3. The molecule has 0 aliphatic heterocycles. The van der Waals surface area contributed by atoms with Crippen LogP contribution in [0.1, 0.15) is 73.3 Å². The average Bonchev–Trinajstić information content (AvgIpc) is 3.20. The molecule has 1 heterocycles. The van der Waals surface area contributed by atoms with Gasteiger partial charge in [-0.15, -0.1) is 0 Å². The summed E-state index contributed by atoms with van der Waals surface area (Å²) < 4.78 is 1.80. The van der Waals surface area contributed by atoms with Gasteiger partial charge in [0.25, 0.3) is 5.91 Å². The second-order valence-electron chi connectivity index (χ2n) is 10.4. The highest BCUT2D eigenvalue weighted by Gasteiger charge is 2.24. The number of amides is 2. The minimum Gasteiger partial charge on any atom is -0.329 e. The maximum Gasteiger partial charge on any atom is 0.254 e. The normalized spacial score (nSPS) is 11.4. The van der Waals surface area contributed by atoms with Crippen molar-refractivity contribution in [2.75, 3.05) is 18.4 Å². The van der Waals surface area contributed by atoms with E-state index in [-0.39, 0.29) is 23.8 Å². The molecular formula is C29H38N4O2. The zero-order chi connectivity index (χ0) is 25.8. The summed E-state index contributed by atoms with van der Waals surface area (Å²) in [5, 5.41) is 7.87. The Balaban J connectivity index is 1.88. The quantitative estimate of drug-likeness (QED) is 0.437. The van der Waals surface area contributed by atoms with Crippen LogP contribution in [0.2, 0.25) is 0 Å². The van der Waals surface area contributed by atoms with Crippen molar-refractivity contribution >= 4 is 17.6 Å². The van der Waals surface area contributed by atoms with Gasteiger partial charge < -0.3 is 10.2 Å². The summed E-state index contributed by atoms with van der Waals surface area (Å²) in [7, 11) is 0. The molecule has 2 aromatic carbocycles. The summed E-state index contributed by atoms with van der Waals surface area (Å²) in [4.78, 5) is 28.0. The lowest BCUT2D eigenvalue weighted by Gasteiger charge is -2.22. The zero-order valence-corrected chi connectivity index (χ0v) is 22.1. The predicted octanol–water partition coefficient (Wildman–Crippen LogP) is 5.98. The van der Waals surface area contributed by atoms with E-state index in [2.05, 4.69) is 46.0 Å². The van der Waals surface area contributed by atoms with Crippen LogP contribution >= 0.6 is 0 Å². The minimum absolute atomic E-state index is 0.0182. The highest BCUT2D eigenvalue weighted by Crippen LogP contribution is 2.28. The maximum atomic E-state index is 13.2. The molecular weight excluding hydrogens is 436 g/mol. The topological polar surface area (TPSA) is 67.2 Å². The van der Waals surface area contributed by atoms with E-state index in [0.29, 0.717) is 17.9 Å². The Labute approximate surface area is 209 Å². The molecule has 0 bridgehead atoms. The molecule has 0 atom stereocenters. The fourth-order valence-corrected chi connectivity index (χ4v) is 3.90. The molecule has 1 aromatic heterocycles. The number of carbonyl (C=O) groups is 2. The number of hydrogen-bond donors (Lipinski definition) is 1. The van der Waals surface area contributed by atoms with E-state index in [1.807, 2.05) is 56.3 Å². The van der Waals surface area contributed by atoms with E-state index in [1.165, 1.54) is 5.56 Å². The van der Waals surface area contributed by atoms with Gasteiger partial charge in [-0.2, -0.15) is 5.10 Å². The van der Waals surface area contributed by atoms with Gasteiger partial charge in [0.15, 0.2) is 0 Å². The third-order valence-corrected chi connectivity index (χ3v) is 6.03. The van der Waals surface area contributed by atoms with Crippen molar-refractivity contribution in [3.63, 3.8) is 0 Å². The fourth-order valence-electron chi connectivity index (χ4n) is 3.90. The molecule has 0 unspecified atom stereocenters. The molecule has 2 amide bonds. The van der Waals surface area contributed by atoms with Crippen LogP contribution in [-0.4, -0.2) is 39.6 Å². The van der Waals surface area contributed by atoms with Crippen LogP contribution in [0, 0.1) is 20.8 Å².